The van der Waals surface area contributed by atoms with Crippen LogP contribution in [0.15, 0.2) is 17.1 Å². The van der Waals surface area contributed by atoms with Crippen molar-refractivity contribution < 1.29 is 14.3 Å². The van der Waals surface area contributed by atoms with Gasteiger partial charge in [0.25, 0.3) is 0 Å². The summed E-state index contributed by atoms with van der Waals surface area (Å²) in [5.41, 5.74) is -0.796. The van der Waals surface area contributed by atoms with E-state index in [1.807, 2.05) is 13.8 Å². The first kappa shape index (κ1) is 17.4. The van der Waals surface area contributed by atoms with Gasteiger partial charge in [-0.3, -0.25) is 4.79 Å². The predicted molar refractivity (Wildman–Crippen MR) is 93.8 cm³/mol. The lowest BCUT2D eigenvalue weighted by Gasteiger charge is -2.24. The zero-order valence-electron chi connectivity index (χ0n) is 14.4. The van der Waals surface area contributed by atoms with E-state index in [0.717, 1.165) is 31.7 Å². The topological polar surface area (TPSA) is 84.2 Å². The van der Waals surface area contributed by atoms with Crippen molar-refractivity contribution in [1.82, 2.24) is 9.55 Å². The van der Waals surface area contributed by atoms with Crippen LogP contribution in [-0.2, 0) is 0 Å². The molecule has 2 aromatic heterocycles. The van der Waals surface area contributed by atoms with Crippen LogP contribution < -0.4 is 10.7 Å². The number of fused-ring (bicyclic) bond motifs is 1. The standard InChI is InChI=1S/C18H22FN3O3/c1-10(2)22-9-13(18(24)25)15(23)12-8-14(19)16(21-17(12)22)20-11-6-4-3-5-7-11/h8-11H,3-7H2,1-2H3,(H,20,21)(H,24,25). The molecular weight excluding hydrogens is 325 g/mol. The zero-order valence-corrected chi connectivity index (χ0v) is 14.4. The largest absolute Gasteiger partial charge is 0.477 e. The number of carboxylic acids is 1. The van der Waals surface area contributed by atoms with Gasteiger partial charge in [0.1, 0.15) is 11.2 Å². The Morgan fingerprint density at radius 3 is 2.64 bits per heavy atom. The Bertz CT molecular complexity index is 870. The molecular formula is C18H22FN3O3. The normalized spacial score (nSPS) is 15.7. The highest BCUT2D eigenvalue weighted by Gasteiger charge is 2.21. The molecule has 0 aliphatic heterocycles. The van der Waals surface area contributed by atoms with Gasteiger partial charge in [-0.15, -0.1) is 0 Å². The van der Waals surface area contributed by atoms with Gasteiger partial charge >= 0.3 is 5.97 Å². The van der Waals surface area contributed by atoms with Crippen LogP contribution in [0.5, 0.6) is 0 Å². The van der Waals surface area contributed by atoms with Gasteiger partial charge in [-0.05, 0) is 32.8 Å². The van der Waals surface area contributed by atoms with Gasteiger partial charge < -0.3 is 15.0 Å². The van der Waals surface area contributed by atoms with Crippen LogP contribution in [0.2, 0.25) is 0 Å². The monoisotopic (exact) mass is 347 g/mol. The van der Waals surface area contributed by atoms with Crippen LogP contribution in [0, 0.1) is 5.82 Å². The van der Waals surface area contributed by atoms with Gasteiger partial charge in [-0.25, -0.2) is 14.2 Å². The second-order valence-electron chi connectivity index (χ2n) is 6.85. The van der Waals surface area contributed by atoms with Gasteiger partial charge in [0.15, 0.2) is 11.6 Å². The summed E-state index contributed by atoms with van der Waals surface area (Å²) in [5.74, 6) is -1.84. The average Bonchev–Trinajstić information content (AvgIpc) is 2.57. The Labute approximate surface area is 144 Å². The van der Waals surface area contributed by atoms with Crippen LogP contribution in [0.3, 0.4) is 0 Å². The molecule has 7 heteroatoms. The summed E-state index contributed by atoms with van der Waals surface area (Å²) in [6.45, 7) is 3.71. The van der Waals surface area contributed by atoms with Crippen LogP contribution in [0.4, 0.5) is 10.2 Å². The Balaban J connectivity index is 2.15. The zero-order chi connectivity index (χ0) is 18.1. The number of nitrogens with one attached hydrogen (secondary N) is 1. The van der Waals surface area contributed by atoms with Crippen molar-refractivity contribution in [2.75, 3.05) is 5.32 Å². The summed E-state index contributed by atoms with van der Waals surface area (Å²) in [6, 6.07) is 1.15. The summed E-state index contributed by atoms with van der Waals surface area (Å²) in [7, 11) is 0. The smallest absolute Gasteiger partial charge is 0.341 e. The molecule has 0 spiro atoms. The maximum atomic E-state index is 14.5. The fraction of sp³-hybridized carbons (Fsp3) is 0.500. The number of aromatic nitrogens is 2. The number of halogens is 1. The maximum Gasteiger partial charge on any atom is 0.341 e. The summed E-state index contributed by atoms with van der Waals surface area (Å²) in [6.07, 6.45) is 6.61. The van der Waals surface area contributed by atoms with Crippen molar-refractivity contribution in [2.45, 2.75) is 58.0 Å². The minimum absolute atomic E-state index is 0.0136. The summed E-state index contributed by atoms with van der Waals surface area (Å²) < 4.78 is 16.1. The van der Waals surface area contributed by atoms with Crippen molar-refractivity contribution in [2.24, 2.45) is 0 Å². The van der Waals surface area contributed by atoms with E-state index >= 15 is 0 Å². The molecule has 3 rings (SSSR count). The first-order valence-corrected chi connectivity index (χ1v) is 8.63. The maximum absolute atomic E-state index is 14.5. The Morgan fingerprint density at radius 1 is 1.36 bits per heavy atom. The predicted octanol–water partition coefficient (Wildman–Crippen LogP) is 3.56. The van der Waals surface area contributed by atoms with Crippen molar-refractivity contribution >= 4 is 22.8 Å². The molecule has 2 aromatic rings. The third-order valence-electron chi connectivity index (χ3n) is 4.69. The highest BCUT2D eigenvalue weighted by Crippen LogP contribution is 2.25. The number of rotatable bonds is 4. The van der Waals surface area contributed by atoms with E-state index in [1.54, 1.807) is 4.57 Å². The fourth-order valence-electron chi connectivity index (χ4n) is 3.33. The quantitative estimate of drug-likeness (QED) is 0.883. The molecule has 0 amide bonds. The van der Waals surface area contributed by atoms with Gasteiger partial charge in [0.05, 0.1) is 5.39 Å². The van der Waals surface area contributed by atoms with E-state index in [1.165, 1.54) is 12.6 Å². The molecule has 1 aliphatic carbocycles. The van der Waals surface area contributed by atoms with E-state index in [0.29, 0.717) is 5.65 Å². The number of hydrogen-bond acceptors (Lipinski definition) is 4. The Kier molecular flexibility index (Phi) is 4.74. The summed E-state index contributed by atoms with van der Waals surface area (Å²) in [5, 5.41) is 12.4. The molecule has 0 atom stereocenters. The number of carbonyl (C=O) groups is 1. The van der Waals surface area contributed by atoms with Gasteiger partial charge in [0, 0.05) is 18.3 Å². The first-order chi connectivity index (χ1) is 11.9. The summed E-state index contributed by atoms with van der Waals surface area (Å²) >= 11 is 0. The molecule has 1 saturated carbocycles. The minimum atomic E-state index is -1.33. The first-order valence-electron chi connectivity index (χ1n) is 8.63. The molecule has 0 bridgehead atoms. The van der Waals surface area contributed by atoms with E-state index < -0.39 is 17.2 Å². The third kappa shape index (κ3) is 3.36. The van der Waals surface area contributed by atoms with Crippen molar-refractivity contribution in [3.63, 3.8) is 0 Å². The second-order valence-corrected chi connectivity index (χ2v) is 6.85. The number of hydrogen-bond donors (Lipinski definition) is 2. The minimum Gasteiger partial charge on any atom is -0.477 e. The van der Waals surface area contributed by atoms with Crippen LogP contribution in [0.1, 0.15) is 62.4 Å². The Hall–Kier alpha value is -2.44. The van der Waals surface area contributed by atoms with E-state index in [9.17, 15) is 19.1 Å². The molecule has 1 fully saturated rings. The van der Waals surface area contributed by atoms with Gasteiger partial charge in [0.2, 0.25) is 5.43 Å². The highest BCUT2D eigenvalue weighted by molar-refractivity contribution is 5.92. The van der Waals surface area contributed by atoms with E-state index in [-0.39, 0.29) is 28.9 Å². The van der Waals surface area contributed by atoms with Crippen molar-refractivity contribution in [3.8, 4) is 0 Å². The molecule has 134 valence electrons. The summed E-state index contributed by atoms with van der Waals surface area (Å²) in [4.78, 5) is 28.0. The Morgan fingerprint density at radius 2 is 2.04 bits per heavy atom. The SMILES string of the molecule is CC(C)n1cc(C(=O)O)c(=O)c2cc(F)c(NC3CCCCC3)nc21. The molecule has 0 unspecified atom stereocenters. The molecule has 25 heavy (non-hydrogen) atoms. The van der Waals surface area contributed by atoms with Crippen LogP contribution in [-0.4, -0.2) is 26.7 Å². The number of carboxylic acid groups (broad SMARTS) is 1. The fourth-order valence-corrected chi connectivity index (χ4v) is 3.33. The second kappa shape index (κ2) is 6.82. The average molecular weight is 347 g/mol. The molecule has 2 heterocycles. The number of anilines is 1. The van der Waals surface area contributed by atoms with Gasteiger partial charge in [-0.2, -0.15) is 0 Å². The molecule has 0 radical (unpaired) electrons. The van der Waals surface area contributed by atoms with Crippen LogP contribution >= 0.6 is 0 Å². The van der Waals surface area contributed by atoms with Crippen LogP contribution in [0.25, 0.3) is 11.0 Å². The van der Waals surface area contributed by atoms with E-state index in [2.05, 4.69) is 10.3 Å². The number of pyridine rings is 2. The number of nitrogens with zero attached hydrogens (tertiary/aromatic N) is 2. The van der Waals surface area contributed by atoms with Crippen molar-refractivity contribution in [1.29, 1.82) is 0 Å². The molecule has 0 saturated heterocycles. The number of aromatic carboxylic acids is 1. The molecule has 0 aromatic carbocycles. The molecule has 6 nitrogen and oxygen atoms in total. The highest BCUT2D eigenvalue weighted by atomic mass is 19.1. The van der Waals surface area contributed by atoms with E-state index in [4.69, 9.17) is 0 Å². The molecule has 2 N–H and O–H groups in total. The van der Waals surface area contributed by atoms with Gasteiger partial charge in [-0.1, -0.05) is 19.3 Å². The van der Waals surface area contributed by atoms with Crippen molar-refractivity contribution in [3.05, 3.63) is 33.9 Å². The lowest BCUT2D eigenvalue weighted by atomic mass is 9.95. The lowest BCUT2D eigenvalue weighted by Crippen LogP contribution is -2.25. The molecule has 1 aliphatic rings. The lowest BCUT2D eigenvalue weighted by molar-refractivity contribution is 0.0694. The third-order valence-corrected chi connectivity index (χ3v) is 4.69.